The van der Waals surface area contributed by atoms with Crippen molar-refractivity contribution in [1.82, 2.24) is 0 Å². The van der Waals surface area contributed by atoms with Gasteiger partial charge in [0, 0.05) is 6.66 Å². The third kappa shape index (κ3) is 9.30. The molecule has 0 fully saturated rings. The summed E-state index contributed by atoms with van der Waals surface area (Å²) in [5.74, 6) is 0. The molecule has 0 rings (SSSR count). The highest BCUT2D eigenvalue weighted by atomic mass is 31.2. The smallest absolute Gasteiger partial charge is 0.318 e. The van der Waals surface area contributed by atoms with E-state index in [0.717, 1.165) is 19.3 Å². The minimum Gasteiger partial charge on any atom is -0.351 e. The maximum Gasteiger partial charge on any atom is 0.318 e. The van der Waals surface area contributed by atoms with Crippen LogP contribution in [0.2, 0.25) is 19.6 Å². The van der Waals surface area contributed by atoms with Crippen LogP contribution in [0.3, 0.4) is 0 Å². The van der Waals surface area contributed by atoms with E-state index in [4.69, 9.17) is 8.74 Å². The fourth-order valence-corrected chi connectivity index (χ4v) is 6.30. The zero-order valence-electron chi connectivity index (χ0n) is 10.9. The Labute approximate surface area is 95.2 Å². The standard InChI is InChI=1S/C10H25O3PSi/c1-7-8-9-10(2)12-14(3,11)13-15(4,5)6/h10H,7-9H2,1-6H3. The molecule has 3 nitrogen and oxygen atoms in total. The average molecular weight is 252 g/mol. The molecule has 2 atom stereocenters. The molecule has 0 aliphatic heterocycles. The molecule has 0 aliphatic carbocycles. The molecule has 0 N–H and O–H groups in total. The van der Waals surface area contributed by atoms with Crippen molar-refractivity contribution < 1.29 is 13.3 Å². The van der Waals surface area contributed by atoms with Crippen LogP contribution in [-0.4, -0.2) is 21.1 Å². The van der Waals surface area contributed by atoms with Crippen molar-refractivity contribution in [3.63, 3.8) is 0 Å². The SMILES string of the molecule is CCCCC(C)OP(C)(=O)O[Si](C)(C)C. The number of unbranched alkanes of at least 4 members (excludes halogenated alkanes) is 1. The van der Waals surface area contributed by atoms with Crippen molar-refractivity contribution in [2.24, 2.45) is 0 Å². The van der Waals surface area contributed by atoms with Crippen LogP contribution in [0.4, 0.5) is 0 Å². The third-order valence-corrected chi connectivity index (χ3v) is 6.04. The predicted molar refractivity (Wildman–Crippen MR) is 68.0 cm³/mol. The first-order chi connectivity index (χ1) is 6.66. The lowest BCUT2D eigenvalue weighted by Crippen LogP contribution is -2.24. The van der Waals surface area contributed by atoms with Crippen LogP contribution in [-0.2, 0) is 13.3 Å². The lowest BCUT2D eigenvalue weighted by atomic mass is 10.2. The zero-order valence-corrected chi connectivity index (χ0v) is 12.8. The molecule has 0 aromatic rings. The summed E-state index contributed by atoms with van der Waals surface area (Å²) in [6, 6.07) is 0. The minimum atomic E-state index is -2.85. The van der Waals surface area contributed by atoms with Crippen LogP contribution in [0.1, 0.15) is 33.1 Å². The highest BCUT2D eigenvalue weighted by Crippen LogP contribution is 2.48. The van der Waals surface area contributed by atoms with Crippen LogP contribution < -0.4 is 0 Å². The summed E-state index contributed by atoms with van der Waals surface area (Å²) >= 11 is 0. The van der Waals surface area contributed by atoms with E-state index in [1.807, 2.05) is 26.6 Å². The van der Waals surface area contributed by atoms with Crippen LogP contribution in [0.25, 0.3) is 0 Å². The van der Waals surface area contributed by atoms with E-state index in [1.165, 1.54) is 0 Å². The zero-order chi connectivity index (χ0) is 12.1. The summed E-state index contributed by atoms with van der Waals surface area (Å²) in [6.07, 6.45) is 3.21. The van der Waals surface area contributed by atoms with E-state index in [1.54, 1.807) is 6.66 Å². The van der Waals surface area contributed by atoms with Gasteiger partial charge in [-0.15, -0.1) is 0 Å². The molecule has 0 spiro atoms. The molecular formula is C10H25O3PSi. The minimum absolute atomic E-state index is 0.0251. The molecule has 0 amide bonds. The fourth-order valence-electron chi connectivity index (χ4n) is 1.39. The van der Waals surface area contributed by atoms with Gasteiger partial charge in [0.25, 0.3) is 0 Å². The summed E-state index contributed by atoms with van der Waals surface area (Å²) in [6.45, 7) is 11.7. The normalized spacial score (nSPS) is 18.5. The Kier molecular flexibility index (Phi) is 6.34. The Morgan fingerprint density at radius 2 is 1.87 bits per heavy atom. The van der Waals surface area contributed by atoms with Gasteiger partial charge in [0.2, 0.25) is 0 Å². The molecule has 0 radical (unpaired) electrons. The molecule has 0 saturated carbocycles. The molecule has 15 heavy (non-hydrogen) atoms. The third-order valence-electron chi connectivity index (χ3n) is 1.78. The monoisotopic (exact) mass is 252 g/mol. The second-order valence-corrected chi connectivity index (χ2v) is 11.7. The maximum absolute atomic E-state index is 12.0. The van der Waals surface area contributed by atoms with Crippen LogP contribution in [0.15, 0.2) is 0 Å². The molecule has 0 saturated heterocycles. The molecule has 0 aromatic carbocycles. The summed E-state index contributed by atoms with van der Waals surface area (Å²) in [4.78, 5) is 0. The predicted octanol–water partition coefficient (Wildman–Crippen LogP) is 4.26. The van der Waals surface area contributed by atoms with Crippen molar-refractivity contribution in [2.75, 3.05) is 6.66 Å². The van der Waals surface area contributed by atoms with Gasteiger partial charge in [0.15, 0.2) is 8.32 Å². The van der Waals surface area contributed by atoms with Crippen molar-refractivity contribution in [2.45, 2.75) is 58.9 Å². The Balaban J connectivity index is 4.08. The number of hydrogen-bond acceptors (Lipinski definition) is 3. The number of rotatable bonds is 7. The maximum atomic E-state index is 12.0. The first-order valence-electron chi connectivity index (χ1n) is 5.63. The van der Waals surface area contributed by atoms with Crippen LogP contribution in [0.5, 0.6) is 0 Å². The highest BCUT2D eigenvalue weighted by Gasteiger charge is 2.28. The quantitative estimate of drug-likeness (QED) is 0.502. The van der Waals surface area contributed by atoms with Crippen molar-refractivity contribution >= 4 is 15.9 Å². The van der Waals surface area contributed by atoms with Gasteiger partial charge >= 0.3 is 7.60 Å². The first-order valence-corrected chi connectivity index (χ1v) is 11.0. The average Bonchev–Trinajstić information content (AvgIpc) is 1.94. The molecule has 5 heteroatoms. The lowest BCUT2D eigenvalue weighted by molar-refractivity contribution is 0.184. The number of hydrogen-bond donors (Lipinski definition) is 0. The summed E-state index contributed by atoms with van der Waals surface area (Å²) < 4.78 is 23.0. The van der Waals surface area contributed by atoms with Gasteiger partial charge in [0.05, 0.1) is 6.10 Å². The van der Waals surface area contributed by atoms with Gasteiger partial charge in [-0.2, -0.15) is 0 Å². The van der Waals surface area contributed by atoms with Gasteiger partial charge in [-0.3, -0.25) is 4.57 Å². The van der Waals surface area contributed by atoms with E-state index in [0.29, 0.717) is 0 Å². The summed E-state index contributed by atoms with van der Waals surface area (Å²) in [5, 5.41) is 0. The van der Waals surface area contributed by atoms with Gasteiger partial charge < -0.3 is 8.74 Å². The highest BCUT2D eigenvalue weighted by molar-refractivity contribution is 7.54. The largest absolute Gasteiger partial charge is 0.351 e. The van der Waals surface area contributed by atoms with Gasteiger partial charge in [0.1, 0.15) is 0 Å². The Morgan fingerprint density at radius 3 is 2.27 bits per heavy atom. The van der Waals surface area contributed by atoms with Crippen molar-refractivity contribution in [3.05, 3.63) is 0 Å². The second-order valence-electron chi connectivity index (χ2n) is 5.03. The topological polar surface area (TPSA) is 35.5 Å². The molecule has 92 valence electrons. The molecule has 0 bridgehead atoms. The van der Waals surface area contributed by atoms with E-state index >= 15 is 0 Å². The summed E-state index contributed by atoms with van der Waals surface area (Å²) in [7, 11) is -4.63. The van der Waals surface area contributed by atoms with Gasteiger partial charge in [-0.1, -0.05) is 19.8 Å². The molecular weight excluding hydrogens is 227 g/mol. The molecule has 0 aromatic heterocycles. The van der Waals surface area contributed by atoms with Crippen molar-refractivity contribution in [1.29, 1.82) is 0 Å². The lowest BCUT2D eigenvalue weighted by Gasteiger charge is -2.25. The molecule has 0 heterocycles. The Morgan fingerprint density at radius 1 is 1.33 bits per heavy atom. The van der Waals surface area contributed by atoms with Crippen LogP contribution in [0, 0.1) is 0 Å². The Bertz CT molecular complexity index is 225. The van der Waals surface area contributed by atoms with Crippen LogP contribution >= 0.6 is 7.60 Å². The Hall–Kier alpha value is 0.367. The van der Waals surface area contributed by atoms with E-state index in [2.05, 4.69) is 6.92 Å². The van der Waals surface area contributed by atoms with E-state index in [-0.39, 0.29) is 6.10 Å². The summed E-state index contributed by atoms with van der Waals surface area (Å²) in [5.41, 5.74) is 0. The second kappa shape index (κ2) is 6.19. The van der Waals surface area contributed by atoms with E-state index < -0.39 is 15.9 Å². The van der Waals surface area contributed by atoms with Gasteiger partial charge in [-0.05, 0) is 33.0 Å². The molecule has 2 unspecified atom stereocenters. The van der Waals surface area contributed by atoms with Gasteiger partial charge in [-0.25, -0.2) is 0 Å². The van der Waals surface area contributed by atoms with Crippen molar-refractivity contribution in [3.8, 4) is 0 Å². The molecule has 0 aliphatic rings. The fraction of sp³-hybridized carbons (Fsp3) is 1.00. The van der Waals surface area contributed by atoms with E-state index in [9.17, 15) is 4.57 Å². The first kappa shape index (κ1) is 15.4.